The van der Waals surface area contributed by atoms with Crippen LogP contribution >= 0.6 is 45.2 Å². The van der Waals surface area contributed by atoms with Gasteiger partial charge in [-0.2, -0.15) is 0 Å². The third-order valence-electron chi connectivity index (χ3n) is 18.0. The number of unbranched alkanes of at least 4 members (excludes halogenated alkanes) is 36. The number of nitrogens with zero attached hydrogens (tertiary/aromatic N) is 2. The lowest BCUT2D eigenvalue weighted by molar-refractivity contribution is 0.289. The number of nitrogens with one attached hydrogen (secondary N) is 2. The molecule has 5 heterocycles. The van der Waals surface area contributed by atoms with Crippen molar-refractivity contribution in [2.45, 2.75) is 285 Å². The molecule has 2 aliphatic heterocycles. The van der Waals surface area contributed by atoms with E-state index in [1.54, 1.807) is 0 Å². The molecule has 0 atom stereocenters. The molecule has 8 bridgehead atoms. The van der Waals surface area contributed by atoms with Gasteiger partial charge in [-0.1, -0.05) is 259 Å². The minimum atomic E-state index is 0.678. The van der Waals surface area contributed by atoms with E-state index >= 15 is 0 Å². The lowest BCUT2D eigenvalue weighted by Gasteiger charge is -2.14. The maximum absolute atomic E-state index is 6.68. The molecule has 0 unspecified atom stereocenters. The van der Waals surface area contributed by atoms with E-state index in [1.165, 1.54) is 231 Å². The Labute approximate surface area is 572 Å². The normalized spacial score (nSPS) is 12.0. The Morgan fingerprint density at radius 1 is 0.278 bits per heavy atom. The molecule has 494 valence electrons. The van der Waals surface area contributed by atoms with Crippen LogP contribution in [0.25, 0.3) is 68.6 Å². The van der Waals surface area contributed by atoms with Crippen LogP contribution in [-0.2, 0) is 0 Å². The highest BCUT2D eigenvalue weighted by molar-refractivity contribution is 14.1. The van der Waals surface area contributed by atoms with E-state index in [4.69, 9.17) is 28.9 Å². The maximum atomic E-state index is 6.68. The molecule has 0 spiro atoms. The van der Waals surface area contributed by atoms with Crippen molar-refractivity contribution in [1.29, 1.82) is 0 Å². The van der Waals surface area contributed by atoms with Gasteiger partial charge in [-0.15, -0.1) is 0 Å². The summed E-state index contributed by atoms with van der Waals surface area (Å²) in [6.45, 7) is 11.9. The molecule has 2 aromatic carbocycles. The molecule has 0 saturated carbocycles. The molecule has 2 N–H and O–H groups in total. The molecule has 90 heavy (non-hydrogen) atoms. The lowest BCUT2D eigenvalue weighted by Crippen LogP contribution is -2.01. The molecule has 3 aromatic heterocycles. The lowest BCUT2D eigenvalue weighted by atomic mass is 10.0. The molecule has 0 fully saturated rings. The van der Waals surface area contributed by atoms with Gasteiger partial charge in [-0.25, -0.2) is 9.97 Å². The van der Waals surface area contributed by atoms with Crippen LogP contribution in [0.5, 0.6) is 23.0 Å². The largest absolute Gasteiger partial charge is 0.493 e. The zero-order chi connectivity index (χ0) is 63.1. The van der Waals surface area contributed by atoms with Crippen LogP contribution in [0, 0.1) is 7.14 Å². The molecule has 10 heteroatoms. The van der Waals surface area contributed by atoms with E-state index < -0.39 is 0 Å². The molecule has 0 amide bonds. The molecule has 0 aliphatic carbocycles. The van der Waals surface area contributed by atoms with Crippen LogP contribution in [0.3, 0.4) is 0 Å². The molecule has 0 saturated heterocycles. The van der Waals surface area contributed by atoms with E-state index in [0.717, 1.165) is 123 Å². The topological polar surface area (TPSA) is 94.3 Å². The molecule has 7 rings (SSSR count). The Morgan fingerprint density at radius 2 is 0.500 bits per heavy atom. The Kier molecular flexibility index (Phi) is 36.0. The van der Waals surface area contributed by atoms with Crippen LogP contribution in [0.1, 0.15) is 307 Å². The zero-order valence-corrected chi connectivity index (χ0v) is 60.8. The van der Waals surface area contributed by atoms with Crippen LogP contribution in [0.15, 0.2) is 60.7 Å². The zero-order valence-electron chi connectivity index (χ0n) is 56.5. The SMILES string of the molecule is CCCCCCCCCCCCOc1cc(OCCCCCCCCCCCC)cc(-c2c3nc(c(I)c4ccc([nH]4)c(-c4cc(OCCCCCCCCCCCC)cc(OCCCCCCCCCCCC)c4)c4nc(c(I)c5ccc2[nH]5)C=C4)C=C3)c1. The fraction of sp³-hybridized carbons (Fsp3) is 0.600. The second kappa shape index (κ2) is 44.3. The summed E-state index contributed by atoms with van der Waals surface area (Å²) in [4.78, 5) is 18.7. The molecular formula is C80H116I2N4O4. The molecule has 0 radical (unpaired) electrons. The van der Waals surface area contributed by atoms with Crippen molar-refractivity contribution in [2.24, 2.45) is 0 Å². The van der Waals surface area contributed by atoms with Crippen molar-refractivity contribution in [1.82, 2.24) is 19.9 Å². The Hall–Kier alpha value is -4.30. The summed E-state index contributed by atoms with van der Waals surface area (Å²) in [5.41, 5.74) is 11.5. The van der Waals surface area contributed by atoms with Crippen molar-refractivity contribution < 1.29 is 18.9 Å². The van der Waals surface area contributed by atoms with Gasteiger partial charge < -0.3 is 28.9 Å². The number of aromatic nitrogens is 4. The number of fused-ring (bicyclic) bond motifs is 8. The standard InChI is InChI=1S/C80H116I2N4O4/c1-5-9-13-17-21-25-29-33-37-41-53-87-65-57-63(58-66(61-65)88-54-42-38-34-30-26-22-18-14-10-6-2)77-69-45-49-73(83-69)79(81)75-51-47-71(85-75)78(72-48-52-76(86-72)80(82)74-50-46-70(77)84-74)64-59-67(89-55-43-39-35-31-27-23-19-15-11-7-3)62-68(60-64)90-56-44-40-36-32-28-24-20-16-12-8-4/h45-52,57-62,83,86H,5-44,53-56H2,1-4H3. The number of aromatic amines is 2. The van der Waals surface area contributed by atoms with Crippen LogP contribution < -0.4 is 18.9 Å². The summed E-state index contributed by atoms with van der Waals surface area (Å²) >= 11 is 4.96. The van der Waals surface area contributed by atoms with E-state index in [9.17, 15) is 0 Å². The molecular weight excluding hydrogens is 1330 g/mol. The minimum absolute atomic E-state index is 0.678. The fourth-order valence-corrected chi connectivity index (χ4v) is 13.9. The van der Waals surface area contributed by atoms with Crippen LogP contribution in [-0.4, -0.2) is 46.4 Å². The summed E-state index contributed by atoms with van der Waals surface area (Å²) in [5, 5.41) is 0. The third kappa shape index (κ3) is 26.2. The number of H-pyrrole nitrogens is 2. The van der Waals surface area contributed by atoms with E-state index in [1.807, 2.05) is 0 Å². The summed E-state index contributed by atoms with van der Waals surface area (Å²) in [5.74, 6) is 3.33. The van der Waals surface area contributed by atoms with Gasteiger partial charge in [0.25, 0.3) is 0 Å². The van der Waals surface area contributed by atoms with Gasteiger partial charge in [0, 0.05) is 34.3 Å². The van der Waals surface area contributed by atoms with Crippen molar-refractivity contribution >= 4 is 91.6 Å². The highest BCUT2D eigenvalue weighted by Gasteiger charge is 2.19. The summed E-state index contributed by atoms with van der Waals surface area (Å²) in [6, 6.07) is 21.8. The van der Waals surface area contributed by atoms with E-state index in [-0.39, 0.29) is 0 Å². The number of rotatable bonds is 50. The summed E-state index contributed by atoms with van der Waals surface area (Å²) < 4.78 is 28.8. The highest BCUT2D eigenvalue weighted by atomic mass is 127. The van der Waals surface area contributed by atoms with E-state index in [0.29, 0.717) is 26.4 Å². The average Bonchev–Trinajstić information content (AvgIpc) is 1.84. The van der Waals surface area contributed by atoms with Gasteiger partial charge in [0.1, 0.15) is 23.0 Å². The monoisotopic (exact) mass is 1450 g/mol. The maximum Gasteiger partial charge on any atom is 0.123 e. The first-order valence-electron chi connectivity index (χ1n) is 36.7. The minimum Gasteiger partial charge on any atom is -0.493 e. The number of benzene rings is 2. The first-order valence-corrected chi connectivity index (χ1v) is 38.8. The van der Waals surface area contributed by atoms with Gasteiger partial charge in [-0.05, 0) is 155 Å². The van der Waals surface area contributed by atoms with Gasteiger partial charge in [0.05, 0.1) is 67.4 Å². The smallest absolute Gasteiger partial charge is 0.123 e. The van der Waals surface area contributed by atoms with Crippen molar-refractivity contribution in [3.05, 3.63) is 90.6 Å². The van der Waals surface area contributed by atoms with Gasteiger partial charge in [0.15, 0.2) is 0 Å². The third-order valence-corrected chi connectivity index (χ3v) is 20.3. The number of hydrogen-bond acceptors (Lipinski definition) is 6. The Morgan fingerprint density at radius 3 is 0.756 bits per heavy atom. The second-order valence-corrected chi connectivity index (χ2v) is 28.0. The van der Waals surface area contributed by atoms with Gasteiger partial charge in [0.2, 0.25) is 0 Å². The quantitative estimate of drug-likeness (QED) is 0.0291. The van der Waals surface area contributed by atoms with Crippen molar-refractivity contribution in [3.63, 3.8) is 0 Å². The number of halogens is 2. The predicted molar refractivity (Wildman–Crippen MR) is 405 cm³/mol. The first kappa shape index (κ1) is 73.1. The van der Waals surface area contributed by atoms with Gasteiger partial charge >= 0.3 is 0 Å². The van der Waals surface area contributed by atoms with Crippen LogP contribution in [0.2, 0.25) is 0 Å². The van der Waals surface area contributed by atoms with Gasteiger partial charge in [-0.3, -0.25) is 0 Å². The van der Waals surface area contributed by atoms with Crippen molar-refractivity contribution in [2.75, 3.05) is 26.4 Å². The Balaban J connectivity index is 1.18. The predicted octanol–water partition coefficient (Wildman–Crippen LogP) is 26.4. The van der Waals surface area contributed by atoms with Crippen LogP contribution in [0.4, 0.5) is 0 Å². The van der Waals surface area contributed by atoms with E-state index in [2.05, 4.69) is 168 Å². The summed E-state index contributed by atoms with van der Waals surface area (Å²) in [7, 11) is 0. The van der Waals surface area contributed by atoms with Crippen molar-refractivity contribution in [3.8, 4) is 45.3 Å². The number of ether oxygens (including phenoxy) is 4. The summed E-state index contributed by atoms with van der Waals surface area (Å²) in [6.07, 6.45) is 60.3. The Bertz CT molecular complexity index is 2760. The fourth-order valence-electron chi connectivity index (χ4n) is 12.6. The molecule has 8 nitrogen and oxygen atoms in total. The molecule has 5 aromatic rings. The highest BCUT2D eigenvalue weighted by Crippen LogP contribution is 2.39. The first-order chi connectivity index (χ1) is 44.4. The average molecular weight is 1450 g/mol. The molecule has 2 aliphatic rings. The second-order valence-electron chi connectivity index (χ2n) is 25.9. The number of hydrogen-bond donors (Lipinski definition) is 2.